The third-order valence-corrected chi connectivity index (χ3v) is 5.14. The first kappa shape index (κ1) is 23.0. The summed E-state index contributed by atoms with van der Waals surface area (Å²) < 4.78 is 27.4. The summed E-state index contributed by atoms with van der Waals surface area (Å²) in [7, 11) is -3.69. The van der Waals surface area contributed by atoms with Gasteiger partial charge in [0.1, 0.15) is 0 Å². The van der Waals surface area contributed by atoms with E-state index in [1.165, 1.54) is 24.3 Å². The average Bonchev–Trinajstić information content (AvgIpc) is 2.63. The summed E-state index contributed by atoms with van der Waals surface area (Å²) >= 11 is 0. The minimum atomic E-state index is -3.69. The number of carbonyl (C=O) groups is 1. The van der Waals surface area contributed by atoms with Gasteiger partial charge < -0.3 is 10.6 Å². The number of rotatable bonds is 9. The summed E-state index contributed by atoms with van der Waals surface area (Å²) in [5.41, 5.74) is 1.97. The first-order chi connectivity index (χ1) is 12.4. The fourth-order valence-corrected chi connectivity index (χ4v) is 3.35. The number of benzene rings is 2. The number of hydrogen-bond donors (Lipinski definition) is 3. The highest BCUT2D eigenvalue weighted by Gasteiger charge is 2.15. The van der Waals surface area contributed by atoms with E-state index in [9.17, 15) is 13.2 Å². The molecule has 27 heavy (non-hydrogen) atoms. The Morgan fingerprint density at radius 3 is 2.15 bits per heavy atom. The first-order valence-electron chi connectivity index (χ1n) is 8.61. The Balaban J connectivity index is 0.00000364. The van der Waals surface area contributed by atoms with Crippen molar-refractivity contribution in [1.82, 2.24) is 10.6 Å². The molecule has 3 N–H and O–H groups in total. The third-order valence-electron chi connectivity index (χ3n) is 3.74. The highest BCUT2D eigenvalue weighted by Crippen LogP contribution is 2.17. The van der Waals surface area contributed by atoms with Crippen LogP contribution in [-0.2, 0) is 10.0 Å². The number of nitrogens with one attached hydrogen (secondary N) is 3. The highest BCUT2D eigenvalue weighted by atomic mass is 35.5. The van der Waals surface area contributed by atoms with Crippen molar-refractivity contribution >= 4 is 34.0 Å². The zero-order valence-corrected chi connectivity index (χ0v) is 17.1. The molecule has 0 spiro atoms. The molecule has 2 aromatic rings. The Morgan fingerprint density at radius 1 is 0.926 bits per heavy atom. The minimum Gasteiger partial charge on any atom is -0.351 e. The smallest absolute Gasteiger partial charge is 0.261 e. The van der Waals surface area contributed by atoms with Crippen LogP contribution in [0.4, 0.5) is 5.69 Å². The van der Waals surface area contributed by atoms with Gasteiger partial charge in [0.2, 0.25) is 0 Å². The van der Waals surface area contributed by atoms with Gasteiger partial charge in [-0.15, -0.1) is 12.4 Å². The normalized spacial score (nSPS) is 10.7. The molecule has 0 aliphatic rings. The fraction of sp³-hybridized carbons (Fsp3) is 0.316. The SMILES string of the molecule is CCCNCCNC(=O)c1ccc(S(=O)(=O)Nc2ccc(C)cc2)cc1.Cl. The van der Waals surface area contributed by atoms with Crippen molar-refractivity contribution in [3.8, 4) is 0 Å². The molecule has 8 heteroatoms. The lowest BCUT2D eigenvalue weighted by atomic mass is 10.2. The van der Waals surface area contributed by atoms with E-state index in [-0.39, 0.29) is 23.2 Å². The fourth-order valence-electron chi connectivity index (χ4n) is 2.29. The second-order valence-electron chi connectivity index (χ2n) is 6.00. The lowest BCUT2D eigenvalue weighted by Gasteiger charge is -2.09. The average molecular weight is 412 g/mol. The number of aryl methyl sites for hydroxylation is 1. The molecule has 2 aromatic carbocycles. The number of carbonyl (C=O) groups excluding carboxylic acids is 1. The van der Waals surface area contributed by atoms with Crippen molar-refractivity contribution in [2.45, 2.75) is 25.2 Å². The molecule has 0 saturated heterocycles. The maximum Gasteiger partial charge on any atom is 0.261 e. The predicted octanol–water partition coefficient (Wildman–Crippen LogP) is 2.95. The van der Waals surface area contributed by atoms with Crippen LogP contribution in [0.25, 0.3) is 0 Å². The zero-order chi connectivity index (χ0) is 19.0. The van der Waals surface area contributed by atoms with Gasteiger partial charge in [-0.1, -0.05) is 24.6 Å². The van der Waals surface area contributed by atoms with Crippen molar-refractivity contribution in [2.75, 3.05) is 24.4 Å². The number of halogens is 1. The Morgan fingerprint density at radius 2 is 1.56 bits per heavy atom. The van der Waals surface area contributed by atoms with E-state index in [1.807, 2.05) is 19.1 Å². The van der Waals surface area contributed by atoms with Gasteiger partial charge in [0.15, 0.2) is 0 Å². The van der Waals surface area contributed by atoms with Gasteiger partial charge in [0.05, 0.1) is 4.90 Å². The van der Waals surface area contributed by atoms with E-state index in [0.717, 1.165) is 18.5 Å². The van der Waals surface area contributed by atoms with Gasteiger partial charge in [-0.3, -0.25) is 9.52 Å². The van der Waals surface area contributed by atoms with Crippen LogP contribution >= 0.6 is 12.4 Å². The van der Waals surface area contributed by atoms with Crippen molar-refractivity contribution in [2.24, 2.45) is 0 Å². The summed E-state index contributed by atoms with van der Waals surface area (Å²) in [5, 5.41) is 5.99. The molecule has 0 aliphatic heterocycles. The topological polar surface area (TPSA) is 87.3 Å². The molecule has 0 bridgehead atoms. The number of anilines is 1. The molecule has 0 radical (unpaired) electrons. The molecule has 0 atom stereocenters. The van der Waals surface area contributed by atoms with Crippen LogP contribution in [0.5, 0.6) is 0 Å². The maximum atomic E-state index is 12.4. The summed E-state index contributed by atoms with van der Waals surface area (Å²) in [6.07, 6.45) is 1.04. The molecule has 148 valence electrons. The van der Waals surface area contributed by atoms with E-state index in [4.69, 9.17) is 0 Å². The molecule has 0 saturated carbocycles. The van der Waals surface area contributed by atoms with Crippen LogP contribution in [0.2, 0.25) is 0 Å². The Labute approximate surface area is 167 Å². The van der Waals surface area contributed by atoms with Crippen LogP contribution in [0, 0.1) is 6.92 Å². The van der Waals surface area contributed by atoms with E-state index >= 15 is 0 Å². The largest absolute Gasteiger partial charge is 0.351 e. The third kappa shape index (κ3) is 7.21. The molecular formula is C19H26ClN3O3S. The van der Waals surface area contributed by atoms with Crippen LogP contribution in [0.1, 0.15) is 29.3 Å². The van der Waals surface area contributed by atoms with Gasteiger partial charge in [-0.2, -0.15) is 0 Å². The Hall–Kier alpha value is -2.09. The second-order valence-corrected chi connectivity index (χ2v) is 7.68. The van der Waals surface area contributed by atoms with Crippen molar-refractivity contribution in [1.29, 1.82) is 0 Å². The second kappa shape index (κ2) is 10.9. The lowest BCUT2D eigenvalue weighted by Crippen LogP contribution is -2.32. The van der Waals surface area contributed by atoms with Gasteiger partial charge in [-0.05, 0) is 56.3 Å². The highest BCUT2D eigenvalue weighted by molar-refractivity contribution is 7.92. The summed E-state index contributed by atoms with van der Waals surface area (Å²) in [6.45, 7) is 6.15. The summed E-state index contributed by atoms with van der Waals surface area (Å²) in [6, 6.07) is 13.0. The predicted molar refractivity (Wildman–Crippen MR) is 111 cm³/mol. The minimum absolute atomic E-state index is 0. The number of hydrogen-bond acceptors (Lipinski definition) is 4. The molecule has 6 nitrogen and oxygen atoms in total. The lowest BCUT2D eigenvalue weighted by molar-refractivity contribution is 0.0954. The summed E-state index contributed by atoms with van der Waals surface area (Å²) in [4.78, 5) is 12.2. The standard InChI is InChI=1S/C19H25N3O3S.ClH/c1-3-12-20-13-14-21-19(23)16-6-10-18(11-7-16)26(24,25)22-17-8-4-15(2)5-9-17;/h4-11,20,22H,3,12-14H2,1-2H3,(H,21,23);1H. The maximum absolute atomic E-state index is 12.4. The van der Waals surface area contributed by atoms with Gasteiger partial charge >= 0.3 is 0 Å². The molecule has 0 aliphatic carbocycles. The van der Waals surface area contributed by atoms with Crippen LogP contribution < -0.4 is 15.4 Å². The van der Waals surface area contributed by atoms with Gasteiger partial charge in [0.25, 0.3) is 15.9 Å². The van der Waals surface area contributed by atoms with Crippen molar-refractivity contribution in [3.63, 3.8) is 0 Å². The molecular weight excluding hydrogens is 386 g/mol. The van der Waals surface area contributed by atoms with Crippen LogP contribution in [0.15, 0.2) is 53.4 Å². The van der Waals surface area contributed by atoms with Gasteiger partial charge in [0, 0.05) is 24.3 Å². The zero-order valence-electron chi connectivity index (χ0n) is 15.5. The van der Waals surface area contributed by atoms with Gasteiger partial charge in [-0.25, -0.2) is 8.42 Å². The molecule has 0 unspecified atom stereocenters. The molecule has 0 aromatic heterocycles. The quantitative estimate of drug-likeness (QED) is 0.553. The number of amides is 1. The first-order valence-corrected chi connectivity index (χ1v) is 10.1. The molecule has 1 amide bonds. The molecule has 2 rings (SSSR count). The summed E-state index contributed by atoms with van der Waals surface area (Å²) in [5.74, 6) is -0.223. The Kier molecular flexibility index (Phi) is 9.28. The van der Waals surface area contributed by atoms with E-state index in [0.29, 0.717) is 24.3 Å². The van der Waals surface area contributed by atoms with E-state index in [2.05, 4.69) is 22.3 Å². The van der Waals surface area contributed by atoms with E-state index < -0.39 is 10.0 Å². The van der Waals surface area contributed by atoms with Crippen molar-refractivity contribution < 1.29 is 13.2 Å². The molecule has 0 heterocycles. The van der Waals surface area contributed by atoms with Crippen LogP contribution in [0.3, 0.4) is 0 Å². The monoisotopic (exact) mass is 411 g/mol. The Bertz CT molecular complexity index is 822. The number of sulfonamides is 1. The van der Waals surface area contributed by atoms with Crippen molar-refractivity contribution in [3.05, 3.63) is 59.7 Å². The van der Waals surface area contributed by atoms with Crippen LogP contribution in [-0.4, -0.2) is 34.0 Å². The van der Waals surface area contributed by atoms with E-state index in [1.54, 1.807) is 12.1 Å². The molecule has 0 fully saturated rings.